The number of aliphatic hydroxyl groups is 2. The Balaban J connectivity index is 0.000000361. The third-order valence-electron chi connectivity index (χ3n) is 4.41. The Morgan fingerprint density at radius 1 is 0.727 bits per heavy atom. The molecular formula is C26H28CoN2O4. The van der Waals surface area contributed by atoms with Crippen LogP contribution in [-0.2, 0) is 16.8 Å². The summed E-state index contributed by atoms with van der Waals surface area (Å²) >= 11 is 0. The second-order valence-electron chi connectivity index (χ2n) is 7.16. The van der Waals surface area contributed by atoms with Gasteiger partial charge in [-0.3, -0.25) is 9.98 Å². The summed E-state index contributed by atoms with van der Waals surface area (Å²) in [5.41, 5.74) is 2.00. The molecular weight excluding hydrogens is 463 g/mol. The molecule has 2 unspecified atom stereocenters. The van der Waals surface area contributed by atoms with Gasteiger partial charge in [0.05, 0.1) is 25.3 Å². The minimum absolute atomic E-state index is 0. The van der Waals surface area contributed by atoms with E-state index in [-0.39, 0.29) is 28.3 Å². The van der Waals surface area contributed by atoms with E-state index >= 15 is 0 Å². The van der Waals surface area contributed by atoms with Crippen molar-refractivity contribution in [1.29, 1.82) is 0 Å². The van der Waals surface area contributed by atoms with Gasteiger partial charge in [-0.05, 0) is 23.6 Å². The first-order valence-electron chi connectivity index (χ1n) is 10.4. The van der Waals surface area contributed by atoms with Gasteiger partial charge in [-0.1, -0.05) is 78.9 Å². The van der Waals surface area contributed by atoms with E-state index in [0.29, 0.717) is 30.6 Å². The third-order valence-corrected chi connectivity index (χ3v) is 4.41. The maximum absolute atomic E-state index is 11.4. The van der Waals surface area contributed by atoms with Crippen LogP contribution in [0, 0.1) is 0 Å². The number of rotatable bonds is 8. The van der Waals surface area contributed by atoms with Crippen LogP contribution < -0.4 is 10.2 Å². The number of aliphatic hydroxyl groups excluding tert-OH is 2. The van der Waals surface area contributed by atoms with Crippen molar-refractivity contribution in [2.45, 2.75) is 25.6 Å². The molecule has 0 saturated carbocycles. The molecule has 6 nitrogen and oxygen atoms in total. The molecule has 33 heavy (non-hydrogen) atoms. The predicted molar refractivity (Wildman–Crippen MR) is 124 cm³/mol. The van der Waals surface area contributed by atoms with E-state index in [2.05, 4.69) is 9.98 Å². The van der Waals surface area contributed by atoms with Crippen molar-refractivity contribution in [3.63, 3.8) is 0 Å². The molecule has 0 saturated heterocycles. The zero-order valence-corrected chi connectivity index (χ0v) is 19.4. The molecule has 0 spiro atoms. The Labute approximate surface area is 205 Å². The number of aliphatic imine (C=N–C) groups is 2. The van der Waals surface area contributed by atoms with Crippen LogP contribution in [0.5, 0.6) is 11.5 Å². The van der Waals surface area contributed by atoms with E-state index in [1.807, 2.05) is 30.3 Å². The number of hydrogen-bond donors (Lipinski definition) is 2. The van der Waals surface area contributed by atoms with Gasteiger partial charge < -0.3 is 20.4 Å². The number of nitrogens with zero attached hydrogens (tertiary/aromatic N) is 2. The molecule has 7 heteroatoms. The monoisotopic (exact) mass is 491 g/mol. The zero-order valence-electron chi connectivity index (χ0n) is 18.4. The largest absolute Gasteiger partial charge is 2.00 e. The van der Waals surface area contributed by atoms with Gasteiger partial charge >= 0.3 is 16.8 Å². The van der Waals surface area contributed by atoms with Crippen molar-refractivity contribution in [3.05, 3.63) is 95.6 Å². The molecule has 0 aliphatic heterocycles. The number of hydrogen-bond acceptors (Lipinski definition) is 6. The van der Waals surface area contributed by atoms with E-state index < -0.39 is 12.2 Å². The van der Waals surface area contributed by atoms with Gasteiger partial charge in [-0.25, -0.2) is 0 Å². The van der Waals surface area contributed by atoms with Crippen molar-refractivity contribution in [1.82, 2.24) is 0 Å². The van der Waals surface area contributed by atoms with Crippen LogP contribution in [0.4, 0.5) is 0 Å². The molecule has 3 aromatic rings. The van der Waals surface area contributed by atoms with Gasteiger partial charge in [-0.2, -0.15) is 0 Å². The fraction of sp³-hybridized carbons (Fsp3) is 0.231. The fourth-order valence-corrected chi connectivity index (χ4v) is 2.75. The van der Waals surface area contributed by atoms with Crippen LogP contribution in [0.25, 0.3) is 0 Å². The van der Waals surface area contributed by atoms with Gasteiger partial charge in [0.15, 0.2) is 0 Å². The molecule has 2 N–H and O–H groups in total. The average molecular weight is 491 g/mol. The second kappa shape index (κ2) is 15.8. The van der Waals surface area contributed by atoms with Crippen molar-refractivity contribution in [3.8, 4) is 11.5 Å². The van der Waals surface area contributed by atoms with Gasteiger partial charge in [0.25, 0.3) is 0 Å². The minimum Gasteiger partial charge on any atom is -0.872 e. The summed E-state index contributed by atoms with van der Waals surface area (Å²) in [5, 5.41) is 41.4. The van der Waals surface area contributed by atoms with Crippen LogP contribution in [0.15, 0.2) is 88.8 Å². The van der Waals surface area contributed by atoms with Crippen LogP contribution in [0.3, 0.4) is 0 Å². The first-order valence-corrected chi connectivity index (χ1v) is 10.4. The SMILES string of the molecule is CC(O)CC(O)c1ccccc1.[Co+2].[O-]c1ccccc1C=NCCN=Cc1ccccc1[O-]. The zero-order chi connectivity index (χ0) is 23.2. The van der Waals surface area contributed by atoms with Gasteiger partial charge in [-0.15, -0.1) is 11.5 Å². The maximum Gasteiger partial charge on any atom is 2.00 e. The molecule has 0 amide bonds. The summed E-state index contributed by atoms with van der Waals surface area (Å²) in [6.07, 6.45) is 2.49. The molecule has 1 radical (unpaired) electrons. The van der Waals surface area contributed by atoms with E-state index in [1.165, 1.54) is 12.1 Å². The van der Waals surface area contributed by atoms with E-state index in [0.717, 1.165) is 5.56 Å². The van der Waals surface area contributed by atoms with E-state index in [4.69, 9.17) is 5.11 Å². The minimum atomic E-state index is -0.550. The molecule has 0 heterocycles. The van der Waals surface area contributed by atoms with Crippen molar-refractivity contribution in [2.24, 2.45) is 9.98 Å². The van der Waals surface area contributed by atoms with E-state index in [1.54, 1.807) is 55.8 Å². The van der Waals surface area contributed by atoms with Crippen molar-refractivity contribution >= 4 is 12.4 Å². The molecule has 175 valence electrons. The Bertz CT molecular complexity index is 939. The smallest absolute Gasteiger partial charge is 0.872 e. The standard InChI is InChI=1S/C16H16N2O2.C10H14O2.Co/c19-15-7-3-1-5-13(15)11-17-9-10-18-12-14-6-2-4-8-16(14)20;1-8(11)7-10(12)9-5-3-2-4-6-9;/h1-8,11-12,19-20H,9-10H2;2-6,8,10-12H,7H2,1H3;/q;;+2/p-2. The maximum atomic E-state index is 11.4. The molecule has 0 aliphatic rings. The predicted octanol–water partition coefficient (Wildman–Crippen LogP) is 2.86. The molecule has 0 bridgehead atoms. The second-order valence-corrected chi connectivity index (χ2v) is 7.16. The first-order chi connectivity index (χ1) is 15.5. The van der Waals surface area contributed by atoms with E-state index in [9.17, 15) is 15.3 Å². The summed E-state index contributed by atoms with van der Waals surface area (Å²) in [6, 6.07) is 22.8. The first kappa shape index (κ1) is 28.1. The summed E-state index contributed by atoms with van der Waals surface area (Å²) in [6.45, 7) is 2.63. The Morgan fingerprint density at radius 2 is 1.15 bits per heavy atom. The fourth-order valence-electron chi connectivity index (χ4n) is 2.75. The molecule has 0 fully saturated rings. The summed E-state index contributed by atoms with van der Waals surface area (Å²) in [7, 11) is 0. The van der Waals surface area contributed by atoms with Crippen LogP contribution >= 0.6 is 0 Å². The molecule has 0 aliphatic carbocycles. The molecule has 0 aromatic heterocycles. The molecule has 3 rings (SSSR count). The molecule has 2 atom stereocenters. The van der Waals surface area contributed by atoms with Gasteiger partial charge in [0, 0.05) is 18.9 Å². The average Bonchev–Trinajstić information content (AvgIpc) is 2.79. The van der Waals surface area contributed by atoms with Crippen molar-refractivity contribution in [2.75, 3.05) is 13.1 Å². The summed E-state index contributed by atoms with van der Waals surface area (Å²) in [4.78, 5) is 8.28. The Kier molecular flexibility index (Phi) is 13.4. The van der Waals surface area contributed by atoms with Crippen molar-refractivity contribution < 1.29 is 37.2 Å². The van der Waals surface area contributed by atoms with Crippen LogP contribution in [0.1, 0.15) is 36.1 Å². The topological polar surface area (TPSA) is 111 Å². The number of para-hydroxylation sites is 2. The summed E-state index contributed by atoms with van der Waals surface area (Å²) in [5.74, 6) is -0.0833. The van der Waals surface area contributed by atoms with Gasteiger partial charge in [0.1, 0.15) is 0 Å². The van der Waals surface area contributed by atoms with Crippen LogP contribution in [-0.4, -0.2) is 41.8 Å². The van der Waals surface area contributed by atoms with Gasteiger partial charge in [0.2, 0.25) is 0 Å². The molecule has 3 aromatic carbocycles. The Morgan fingerprint density at radius 3 is 1.58 bits per heavy atom. The quantitative estimate of drug-likeness (QED) is 0.373. The van der Waals surface area contributed by atoms with Crippen LogP contribution in [0.2, 0.25) is 0 Å². The summed E-state index contributed by atoms with van der Waals surface area (Å²) < 4.78 is 0. The third kappa shape index (κ3) is 10.9. The Hall–Kier alpha value is -2.97. The normalized spacial score (nSPS) is 12.6. The number of benzene rings is 3.